The van der Waals surface area contributed by atoms with Crippen LogP contribution >= 0.6 is 11.8 Å². The van der Waals surface area contributed by atoms with Gasteiger partial charge in [-0.3, -0.25) is 0 Å². The summed E-state index contributed by atoms with van der Waals surface area (Å²) in [4.78, 5) is 0. The third-order valence-electron chi connectivity index (χ3n) is 3.68. The Kier molecular flexibility index (Phi) is 4.57. The summed E-state index contributed by atoms with van der Waals surface area (Å²) >= 11 is 2.08. The first-order valence-corrected chi connectivity index (χ1v) is 7.73. The highest BCUT2D eigenvalue weighted by Gasteiger charge is 2.39. The lowest BCUT2D eigenvalue weighted by Crippen LogP contribution is -2.35. The molecule has 0 aliphatic carbocycles. The molecule has 1 saturated heterocycles. The monoisotopic (exact) mass is 265 g/mol. The van der Waals surface area contributed by atoms with Crippen LogP contribution in [0.25, 0.3) is 0 Å². The standard InChI is InChI=1S/C15H23NOS/c1-4-17-13-9-6-5-8-12(13)14(16-3)15(2)10-7-11-18-15/h5-6,8-9,14,16H,4,7,10-11H2,1-3H3. The lowest BCUT2D eigenvalue weighted by atomic mass is 9.90. The van der Waals surface area contributed by atoms with Crippen LogP contribution in [0.1, 0.15) is 38.3 Å². The van der Waals surface area contributed by atoms with Crippen LogP contribution in [-0.4, -0.2) is 24.2 Å². The second-order valence-corrected chi connectivity index (χ2v) is 6.59. The number of rotatable bonds is 5. The Morgan fingerprint density at radius 3 is 2.83 bits per heavy atom. The van der Waals surface area contributed by atoms with E-state index in [1.165, 1.54) is 24.2 Å². The quantitative estimate of drug-likeness (QED) is 0.878. The second kappa shape index (κ2) is 5.98. The minimum atomic E-state index is 0.280. The van der Waals surface area contributed by atoms with Crippen molar-refractivity contribution in [2.24, 2.45) is 0 Å². The van der Waals surface area contributed by atoms with Crippen LogP contribution < -0.4 is 10.1 Å². The summed E-state index contributed by atoms with van der Waals surface area (Å²) in [5, 5.41) is 3.50. The van der Waals surface area contributed by atoms with Crippen molar-refractivity contribution in [1.29, 1.82) is 0 Å². The molecule has 1 aliphatic heterocycles. The first-order chi connectivity index (χ1) is 8.71. The second-order valence-electron chi connectivity index (χ2n) is 4.96. The van der Waals surface area contributed by atoms with Gasteiger partial charge in [-0.15, -0.1) is 0 Å². The summed E-state index contributed by atoms with van der Waals surface area (Å²) in [5.74, 6) is 2.29. The Balaban J connectivity index is 2.32. The van der Waals surface area contributed by atoms with E-state index in [-0.39, 0.29) is 4.75 Å². The molecule has 2 nitrogen and oxygen atoms in total. The number of hydrogen-bond acceptors (Lipinski definition) is 3. The summed E-state index contributed by atoms with van der Waals surface area (Å²) in [6.45, 7) is 5.13. The minimum absolute atomic E-state index is 0.280. The molecule has 1 fully saturated rings. The highest BCUT2D eigenvalue weighted by atomic mass is 32.2. The lowest BCUT2D eigenvalue weighted by Gasteiger charge is -2.34. The molecule has 1 aliphatic rings. The van der Waals surface area contributed by atoms with Gasteiger partial charge in [0, 0.05) is 10.3 Å². The van der Waals surface area contributed by atoms with Crippen LogP contribution in [0.4, 0.5) is 0 Å². The summed E-state index contributed by atoms with van der Waals surface area (Å²) in [7, 11) is 2.05. The predicted octanol–water partition coefficient (Wildman–Crippen LogP) is 3.63. The van der Waals surface area contributed by atoms with E-state index in [4.69, 9.17) is 4.74 Å². The highest BCUT2D eigenvalue weighted by molar-refractivity contribution is 8.00. The summed E-state index contributed by atoms with van der Waals surface area (Å²) in [6, 6.07) is 8.77. The third kappa shape index (κ3) is 2.67. The number of thioether (sulfide) groups is 1. The summed E-state index contributed by atoms with van der Waals surface area (Å²) in [5.41, 5.74) is 1.29. The first kappa shape index (κ1) is 13.8. The van der Waals surface area contributed by atoms with E-state index in [0.717, 1.165) is 12.4 Å². The number of benzene rings is 1. The molecular formula is C15H23NOS. The van der Waals surface area contributed by atoms with E-state index < -0.39 is 0 Å². The zero-order valence-electron chi connectivity index (χ0n) is 11.5. The fourth-order valence-corrected chi connectivity index (χ4v) is 4.28. The molecule has 100 valence electrons. The maximum atomic E-state index is 5.78. The van der Waals surface area contributed by atoms with Crippen molar-refractivity contribution in [3.63, 3.8) is 0 Å². The Hall–Kier alpha value is -0.670. The van der Waals surface area contributed by atoms with Gasteiger partial charge in [0.15, 0.2) is 0 Å². The molecule has 1 heterocycles. The molecule has 1 N–H and O–H groups in total. The van der Waals surface area contributed by atoms with Crippen LogP contribution in [-0.2, 0) is 0 Å². The molecule has 0 radical (unpaired) electrons. The van der Waals surface area contributed by atoms with Gasteiger partial charge in [0.25, 0.3) is 0 Å². The van der Waals surface area contributed by atoms with Gasteiger partial charge in [-0.1, -0.05) is 18.2 Å². The number of para-hydroxylation sites is 1. The smallest absolute Gasteiger partial charge is 0.124 e. The van der Waals surface area contributed by atoms with Crippen molar-refractivity contribution in [3.05, 3.63) is 29.8 Å². The van der Waals surface area contributed by atoms with Crippen LogP contribution in [0.3, 0.4) is 0 Å². The topological polar surface area (TPSA) is 21.3 Å². The summed E-state index contributed by atoms with van der Waals surface area (Å²) in [6.07, 6.45) is 2.58. The van der Waals surface area contributed by atoms with E-state index in [1.54, 1.807) is 0 Å². The molecule has 0 saturated carbocycles. The minimum Gasteiger partial charge on any atom is -0.494 e. The maximum absolute atomic E-state index is 5.78. The van der Waals surface area contributed by atoms with Gasteiger partial charge < -0.3 is 10.1 Å². The molecular weight excluding hydrogens is 242 g/mol. The molecule has 3 heteroatoms. The number of nitrogens with one attached hydrogen (secondary N) is 1. The van der Waals surface area contributed by atoms with Crippen LogP contribution in [0.15, 0.2) is 24.3 Å². The normalized spacial score (nSPS) is 25.1. The number of ether oxygens (including phenoxy) is 1. The Morgan fingerprint density at radius 1 is 1.44 bits per heavy atom. The molecule has 2 rings (SSSR count). The molecule has 0 amide bonds. The van der Waals surface area contributed by atoms with Crippen molar-refractivity contribution in [2.45, 2.75) is 37.5 Å². The zero-order valence-corrected chi connectivity index (χ0v) is 12.3. The maximum Gasteiger partial charge on any atom is 0.124 e. The van der Waals surface area contributed by atoms with Gasteiger partial charge in [0.1, 0.15) is 5.75 Å². The fourth-order valence-electron chi connectivity index (χ4n) is 2.82. The number of hydrogen-bond donors (Lipinski definition) is 1. The zero-order chi connectivity index (χ0) is 13.0. The molecule has 0 spiro atoms. The average molecular weight is 265 g/mol. The third-order valence-corrected chi connectivity index (χ3v) is 5.27. The van der Waals surface area contributed by atoms with E-state index in [9.17, 15) is 0 Å². The molecule has 2 unspecified atom stereocenters. The van der Waals surface area contributed by atoms with E-state index in [0.29, 0.717) is 6.04 Å². The largest absolute Gasteiger partial charge is 0.494 e. The van der Waals surface area contributed by atoms with Crippen molar-refractivity contribution >= 4 is 11.8 Å². The summed E-state index contributed by atoms with van der Waals surface area (Å²) < 4.78 is 6.05. The van der Waals surface area contributed by atoms with Crippen molar-refractivity contribution in [2.75, 3.05) is 19.4 Å². The lowest BCUT2D eigenvalue weighted by molar-refractivity contribution is 0.326. The van der Waals surface area contributed by atoms with Crippen molar-refractivity contribution < 1.29 is 4.74 Å². The van der Waals surface area contributed by atoms with E-state index in [1.807, 2.05) is 13.0 Å². The Morgan fingerprint density at radius 2 is 2.22 bits per heavy atom. The van der Waals surface area contributed by atoms with E-state index >= 15 is 0 Å². The van der Waals surface area contributed by atoms with Gasteiger partial charge in [0.2, 0.25) is 0 Å². The highest BCUT2D eigenvalue weighted by Crippen LogP contribution is 2.48. The average Bonchev–Trinajstić information content (AvgIpc) is 2.80. The fraction of sp³-hybridized carbons (Fsp3) is 0.600. The molecule has 1 aromatic rings. The van der Waals surface area contributed by atoms with Crippen LogP contribution in [0.2, 0.25) is 0 Å². The molecule has 2 atom stereocenters. The van der Waals surface area contributed by atoms with E-state index in [2.05, 4.69) is 49.2 Å². The molecule has 1 aromatic carbocycles. The van der Waals surface area contributed by atoms with Gasteiger partial charge in [-0.2, -0.15) is 11.8 Å². The first-order valence-electron chi connectivity index (χ1n) is 6.74. The Bertz CT molecular complexity index is 388. The van der Waals surface area contributed by atoms with Crippen LogP contribution in [0.5, 0.6) is 5.75 Å². The Labute approximate surface area is 114 Å². The van der Waals surface area contributed by atoms with Gasteiger partial charge in [-0.05, 0) is 45.6 Å². The van der Waals surface area contributed by atoms with Crippen molar-refractivity contribution in [3.8, 4) is 5.75 Å². The van der Waals surface area contributed by atoms with Gasteiger partial charge in [0.05, 0.1) is 12.6 Å². The SMILES string of the molecule is CCOc1ccccc1C(NC)C1(C)CCCS1. The van der Waals surface area contributed by atoms with Crippen LogP contribution in [0, 0.1) is 0 Å². The molecule has 18 heavy (non-hydrogen) atoms. The molecule has 0 aromatic heterocycles. The predicted molar refractivity (Wildman–Crippen MR) is 79.5 cm³/mol. The van der Waals surface area contributed by atoms with Gasteiger partial charge in [-0.25, -0.2) is 0 Å². The molecule has 0 bridgehead atoms. The van der Waals surface area contributed by atoms with Crippen molar-refractivity contribution in [1.82, 2.24) is 5.32 Å². The van der Waals surface area contributed by atoms with Gasteiger partial charge >= 0.3 is 0 Å².